The maximum Gasteiger partial charge on any atom is 0.354 e. The molecule has 2 rings (SSSR count). The van der Waals surface area contributed by atoms with Crippen LogP contribution in [0.4, 0.5) is 10.1 Å². The summed E-state index contributed by atoms with van der Waals surface area (Å²) in [6.45, 7) is 0. The van der Waals surface area contributed by atoms with E-state index < -0.39 is 17.7 Å². The van der Waals surface area contributed by atoms with Gasteiger partial charge in [-0.3, -0.25) is 4.79 Å². The minimum absolute atomic E-state index is 0.0109. The van der Waals surface area contributed by atoms with Crippen LogP contribution in [0.1, 0.15) is 21.0 Å². The van der Waals surface area contributed by atoms with Crippen LogP contribution < -0.4 is 4.90 Å². The predicted octanol–water partition coefficient (Wildman–Crippen LogP) is 2.20. The molecule has 1 aromatic carbocycles. The molecule has 0 spiro atoms. The van der Waals surface area contributed by atoms with E-state index >= 15 is 0 Å². The maximum absolute atomic E-state index is 12.8. The molecule has 6 heteroatoms. The van der Waals surface area contributed by atoms with Gasteiger partial charge in [0.15, 0.2) is 0 Å². The standard InChI is InChI=1S/C14H11FN2O3/c1-17(10-7-5-9(15)6-8-10)13(18)11-3-2-4-12(16-11)14(19)20/h2-8H,1H3,(H,19,20). The normalized spacial score (nSPS) is 10.1. The summed E-state index contributed by atoms with van der Waals surface area (Å²) < 4.78 is 12.8. The number of carbonyl (C=O) groups excluding carboxylic acids is 1. The molecule has 0 saturated heterocycles. The van der Waals surface area contributed by atoms with Crippen molar-refractivity contribution in [3.05, 3.63) is 59.7 Å². The van der Waals surface area contributed by atoms with Crippen molar-refractivity contribution in [2.45, 2.75) is 0 Å². The summed E-state index contributed by atoms with van der Waals surface area (Å²) in [6.07, 6.45) is 0. The first-order valence-corrected chi connectivity index (χ1v) is 5.73. The van der Waals surface area contributed by atoms with Gasteiger partial charge in [0, 0.05) is 12.7 Å². The Balaban J connectivity index is 2.28. The van der Waals surface area contributed by atoms with E-state index in [4.69, 9.17) is 5.11 Å². The van der Waals surface area contributed by atoms with Crippen LogP contribution in [0.3, 0.4) is 0 Å². The SMILES string of the molecule is CN(C(=O)c1cccc(C(=O)O)n1)c1ccc(F)cc1. The minimum Gasteiger partial charge on any atom is -0.477 e. The van der Waals surface area contributed by atoms with Crippen molar-refractivity contribution in [1.29, 1.82) is 0 Å². The fourth-order valence-electron chi connectivity index (χ4n) is 1.63. The molecule has 0 atom stereocenters. The molecule has 5 nitrogen and oxygen atoms in total. The monoisotopic (exact) mass is 274 g/mol. The number of nitrogens with zero attached hydrogens (tertiary/aromatic N) is 2. The average Bonchev–Trinajstić information content (AvgIpc) is 2.46. The van der Waals surface area contributed by atoms with Crippen molar-refractivity contribution in [2.75, 3.05) is 11.9 Å². The molecule has 0 aliphatic carbocycles. The van der Waals surface area contributed by atoms with Gasteiger partial charge in [0.1, 0.15) is 17.2 Å². The van der Waals surface area contributed by atoms with Crippen molar-refractivity contribution in [2.24, 2.45) is 0 Å². The van der Waals surface area contributed by atoms with Gasteiger partial charge in [0.25, 0.3) is 5.91 Å². The summed E-state index contributed by atoms with van der Waals surface area (Å²) in [5.41, 5.74) is 0.291. The number of pyridine rings is 1. The van der Waals surface area contributed by atoms with Crippen molar-refractivity contribution in [3.8, 4) is 0 Å². The third kappa shape index (κ3) is 2.80. The summed E-state index contributed by atoms with van der Waals surface area (Å²) in [7, 11) is 1.50. The number of carboxylic acids is 1. The largest absolute Gasteiger partial charge is 0.477 e. The van der Waals surface area contributed by atoms with Crippen LogP contribution >= 0.6 is 0 Å². The van der Waals surface area contributed by atoms with Crippen LogP contribution in [0.5, 0.6) is 0 Å². The number of rotatable bonds is 3. The van der Waals surface area contributed by atoms with E-state index in [1.54, 1.807) is 0 Å². The quantitative estimate of drug-likeness (QED) is 0.931. The molecule has 0 aliphatic rings. The van der Waals surface area contributed by atoms with E-state index in [1.165, 1.54) is 54.4 Å². The molecule has 1 amide bonds. The van der Waals surface area contributed by atoms with Crippen LogP contribution in [0.2, 0.25) is 0 Å². The lowest BCUT2D eigenvalue weighted by molar-refractivity contribution is 0.0690. The highest BCUT2D eigenvalue weighted by Gasteiger charge is 2.16. The topological polar surface area (TPSA) is 70.5 Å². The molecule has 102 valence electrons. The number of hydrogen-bond donors (Lipinski definition) is 1. The lowest BCUT2D eigenvalue weighted by Crippen LogP contribution is -2.27. The van der Waals surface area contributed by atoms with E-state index in [1.807, 2.05) is 0 Å². The van der Waals surface area contributed by atoms with Crippen molar-refractivity contribution in [3.63, 3.8) is 0 Å². The summed E-state index contributed by atoms with van der Waals surface area (Å²) in [5.74, 6) is -2.08. The molecular weight excluding hydrogens is 263 g/mol. The zero-order valence-electron chi connectivity index (χ0n) is 10.6. The number of carboxylic acid groups (broad SMARTS) is 1. The smallest absolute Gasteiger partial charge is 0.354 e. The van der Waals surface area contributed by atoms with Crippen molar-refractivity contribution >= 4 is 17.6 Å². The highest BCUT2D eigenvalue weighted by molar-refractivity contribution is 6.04. The highest BCUT2D eigenvalue weighted by Crippen LogP contribution is 2.15. The van der Waals surface area contributed by atoms with Gasteiger partial charge in [0.2, 0.25) is 0 Å². The number of aromatic carboxylic acids is 1. The van der Waals surface area contributed by atoms with Gasteiger partial charge >= 0.3 is 5.97 Å². The molecule has 2 aromatic rings. The zero-order valence-corrected chi connectivity index (χ0v) is 10.6. The van der Waals surface area contributed by atoms with E-state index in [2.05, 4.69) is 4.98 Å². The fourth-order valence-corrected chi connectivity index (χ4v) is 1.63. The highest BCUT2D eigenvalue weighted by atomic mass is 19.1. The Kier molecular flexibility index (Phi) is 3.74. The number of carbonyl (C=O) groups is 2. The third-order valence-corrected chi connectivity index (χ3v) is 2.71. The molecule has 0 radical (unpaired) electrons. The second-order valence-electron chi connectivity index (χ2n) is 4.05. The molecular formula is C14H11FN2O3. The van der Waals surface area contributed by atoms with Crippen LogP contribution in [0.25, 0.3) is 0 Å². The van der Waals surface area contributed by atoms with E-state index in [0.29, 0.717) is 5.69 Å². The Labute approximate surface area is 114 Å². The number of anilines is 1. The predicted molar refractivity (Wildman–Crippen MR) is 70.3 cm³/mol. The molecule has 0 unspecified atom stereocenters. The molecule has 0 aliphatic heterocycles. The molecule has 0 saturated carbocycles. The fraction of sp³-hybridized carbons (Fsp3) is 0.0714. The van der Waals surface area contributed by atoms with Gasteiger partial charge in [-0.1, -0.05) is 6.07 Å². The Hall–Kier alpha value is -2.76. The number of hydrogen-bond acceptors (Lipinski definition) is 3. The van der Waals surface area contributed by atoms with E-state index in [9.17, 15) is 14.0 Å². The number of amides is 1. The summed E-state index contributed by atoms with van der Waals surface area (Å²) in [4.78, 5) is 28.0. The first kappa shape index (κ1) is 13.7. The second-order valence-corrected chi connectivity index (χ2v) is 4.05. The summed E-state index contributed by atoms with van der Waals surface area (Å²) >= 11 is 0. The molecule has 0 bridgehead atoms. The van der Waals surface area contributed by atoms with E-state index in [0.717, 1.165) is 0 Å². The van der Waals surface area contributed by atoms with Gasteiger partial charge in [-0.2, -0.15) is 0 Å². The number of aromatic nitrogens is 1. The Morgan fingerprint density at radius 1 is 1.10 bits per heavy atom. The van der Waals surface area contributed by atoms with E-state index in [-0.39, 0.29) is 11.4 Å². The molecule has 1 heterocycles. The third-order valence-electron chi connectivity index (χ3n) is 2.71. The van der Waals surface area contributed by atoms with Crippen molar-refractivity contribution < 1.29 is 19.1 Å². The van der Waals surface area contributed by atoms with Gasteiger partial charge in [0.05, 0.1) is 0 Å². The second kappa shape index (κ2) is 5.48. The summed E-state index contributed by atoms with van der Waals surface area (Å²) in [6, 6.07) is 9.55. The van der Waals surface area contributed by atoms with Gasteiger partial charge in [-0.05, 0) is 36.4 Å². The molecule has 0 fully saturated rings. The van der Waals surface area contributed by atoms with Crippen molar-refractivity contribution in [1.82, 2.24) is 4.98 Å². The summed E-state index contributed by atoms with van der Waals surface area (Å²) in [5, 5.41) is 8.85. The Morgan fingerprint density at radius 3 is 2.30 bits per heavy atom. The Morgan fingerprint density at radius 2 is 1.70 bits per heavy atom. The number of halogens is 1. The first-order chi connectivity index (χ1) is 9.49. The number of benzene rings is 1. The lowest BCUT2D eigenvalue weighted by Gasteiger charge is -2.16. The Bertz CT molecular complexity index is 656. The lowest BCUT2D eigenvalue weighted by atomic mass is 10.2. The molecule has 1 aromatic heterocycles. The molecule has 20 heavy (non-hydrogen) atoms. The van der Waals surface area contributed by atoms with Gasteiger partial charge < -0.3 is 10.0 Å². The van der Waals surface area contributed by atoms with Gasteiger partial charge in [-0.15, -0.1) is 0 Å². The molecule has 1 N–H and O–H groups in total. The van der Waals surface area contributed by atoms with Crippen LogP contribution in [-0.4, -0.2) is 29.0 Å². The first-order valence-electron chi connectivity index (χ1n) is 5.73. The maximum atomic E-state index is 12.8. The van der Waals surface area contributed by atoms with Crippen LogP contribution in [0.15, 0.2) is 42.5 Å². The van der Waals surface area contributed by atoms with Gasteiger partial charge in [-0.25, -0.2) is 14.2 Å². The minimum atomic E-state index is -1.20. The average molecular weight is 274 g/mol. The zero-order chi connectivity index (χ0) is 14.7. The van der Waals surface area contributed by atoms with Crippen LogP contribution in [0, 0.1) is 5.82 Å². The van der Waals surface area contributed by atoms with Crippen LogP contribution in [-0.2, 0) is 0 Å².